The van der Waals surface area contributed by atoms with Gasteiger partial charge < -0.3 is 14.8 Å². The number of aromatic carboxylic acids is 1. The number of phenolic OH excluding ortho intramolecular Hbond substituents is 1. The van der Waals surface area contributed by atoms with Crippen molar-refractivity contribution in [2.75, 3.05) is 0 Å². The molecule has 2 N–H and O–H groups in total. The zero-order chi connectivity index (χ0) is 18.3. The molecule has 1 heterocycles. The van der Waals surface area contributed by atoms with E-state index < -0.39 is 5.97 Å². The molecule has 0 fully saturated rings. The van der Waals surface area contributed by atoms with Gasteiger partial charge in [0.25, 0.3) is 0 Å². The number of nitrogens with zero attached hydrogens (tertiary/aromatic N) is 1. The van der Waals surface area contributed by atoms with Gasteiger partial charge in [-0.25, -0.2) is 4.79 Å². The van der Waals surface area contributed by atoms with E-state index in [-0.39, 0.29) is 11.8 Å². The minimum atomic E-state index is -0.895. The smallest absolute Gasteiger partial charge is 0.338 e. The van der Waals surface area contributed by atoms with Gasteiger partial charge in [0, 0.05) is 22.6 Å². The number of rotatable bonds is 4. The van der Waals surface area contributed by atoms with Crippen LogP contribution >= 0.6 is 0 Å². The zero-order valence-electron chi connectivity index (χ0n) is 15.0. The lowest BCUT2D eigenvalue weighted by molar-refractivity contribution is 0.0698. The number of aryl methyl sites for hydroxylation is 1. The van der Waals surface area contributed by atoms with Crippen LogP contribution in [0, 0.1) is 6.92 Å². The lowest BCUT2D eigenvalue weighted by Crippen LogP contribution is -2.05. The first-order valence-electron chi connectivity index (χ1n) is 8.55. The maximum Gasteiger partial charge on any atom is 0.338 e. The summed E-state index contributed by atoms with van der Waals surface area (Å²) in [6.07, 6.45) is 0.812. The molecule has 130 valence electrons. The number of benzene rings is 2. The summed E-state index contributed by atoms with van der Waals surface area (Å²) in [6.45, 7) is 8.03. The van der Waals surface area contributed by atoms with E-state index in [9.17, 15) is 15.0 Å². The lowest BCUT2D eigenvalue weighted by Gasteiger charge is -2.14. The summed E-state index contributed by atoms with van der Waals surface area (Å²) in [4.78, 5) is 11.7. The molecule has 0 saturated heterocycles. The van der Waals surface area contributed by atoms with Crippen LogP contribution < -0.4 is 0 Å². The van der Waals surface area contributed by atoms with Crippen LogP contribution in [-0.2, 0) is 6.42 Å². The van der Waals surface area contributed by atoms with Crippen LogP contribution in [0.2, 0.25) is 0 Å². The molecule has 0 saturated carbocycles. The van der Waals surface area contributed by atoms with Crippen molar-refractivity contribution in [1.29, 1.82) is 0 Å². The van der Waals surface area contributed by atoms with Crippen LogP contribution in [0.5, 0.6) is 5.75 Å². The van der Waals surface area contributed by atoms with Gasteiger partial charge in [-0.2, -0.15) is 0 Å². The highest BCUT2D eigenvalue weighted by Crippen LogP contribution is 2.34. The normalized spacial score (nSPS) is 11.4. The molecule has 0 aliphatic carbocycles. The highest BCUT2D eigenvalue weighted by molar-refractivity contribution is 6.06. The Labute approximate surface area is 147 Å². The monoisotopic (exact) mass is 337 g/mol. The zero-order valence-corrected chi connectivity index (χ0v) is 15.0. The van der Waals surface area contributed by atoms with Gasteiger partial charge >= 0.3 is 5.97 Å². The van der Waals surface area contributed by atoms with E-state index in [0.717, 1.165) is 39.7 Å². The molecule has 0 radical (unpaired) electrons. The number of phenols is 1. The third-order valence-electron chi connectivity index (χ3n) is 4.76. The van der Waals surface area contributed by atoms with Crippen LogP contribution in [-0.4, -0.2) is 20.7 Å². The van der Waals surface area contributed by atoms with Gasteiger partial charge in [-0.3, -0.25) is 0 Å². The predicted octanol–water partition coefficient (Wildman–Crippen LogP) is 5.16. The third-order valence-corrected chi connectivity index (χ3v) is 4.76. The molecule has 0 bridgehead atoms. The lowest BCUT2D eigenvalue weighted by atomic mass is 9.96. The summed E-state index contributed by atoms with van der Waals surface area (Å²) in [6, 6.07) is 11.5. The van der Waals surface area contributed by atoms with Crippen molar-refractivity contribution >= 4 is 16.9 Å². The first kappa shape index (κ1) is 17.1. The third kappa shape index (κ3) is 2.78. The van der Waals surface area contributed by atoms with Crippen molar-refractivity contribution in [1.82, 2.24) is 4.57 Å². The van der Waals surface area contributed by atoms with E-state index in [1.807, 2.05) is 25.1 Å². The molecule has 1 aromatic heterocycles. The number of carboxylic acid groups (broad SMARTS) is 1. The number of carboxylic acids is 1. The number of hydrogen-bond donors (Lipinski definition) is 2. The second kappa shape index (κ2) is 6.28. The van der Waals surface area contributed by atoms with Crippen molar-refractivity contribution < 1.29 is 15.0 Å². The summed E-state index contributed by atoms with van der Waals surface area (Å²) in [5.41, 5.74) is 5.23. The Kier molecular flexibility index (Phi) is 4.29. The second-order valence-corrected chi connectivity index (χ2v) is 6.66. The Morgan fingerprint density at radius 2 is 1.88 bits per heavy atom. The molecule has 4 nitrogen and oxygen atoms in total. The van der Waals surface area contributed by atoms with E-state index in [1.165, 1.54) is 0 Å². The molecular weight excluding hydrogens is 314 g/mol. The molecule has 0 amide bonds. The molecule has 4 heteroatoms. The van der Waals surface area contributed by atoms with Crippen molar-refractivity contribution in [2.24, 2.45) is 0 Å². The fourth-order valence-electron chi connectivity index (χ4n) is 3.70. The molecular formula is C21H23NO3. The summed E-state index contributed by atoms with van der Waals surface area (Å²) >= 11 is 0. The number of fused-ring (bicyclic) bond motifs is 1. The Morgan fingerprint density at radius 3 is 2.48 bits per heavy atom. The SMILES string of the molecule is CCc1cc(O)ccc1-c1ccc2c(C(=O)O)c(C)n(C(C)C)c2c1. The van der Waals surface area contributed by atoms with Crippen molar-refractivity contribution in [3.8, 4) is 16.9 Å². The molecule has 3 rings (SSSR count). The van der Waals surface area contributed by atoms with Crippen molar-refractivity contribution in [3.05, 3.63) is 53.2 Å². The number of carbonyl (C=O) groups is 1. The fourth-order valence-corrected chi connectivity index (χ4v) is 3.70. The molecule has 0 aliphatic rings. The molecule has 0 spiro atoms. The summed E-state index contributed by atoms with van der Waals surface area (Å²) < 4.78 is 2.08. The van der Waals surface area contributed by atoms with Crippen LogP contribution in [0.1, 0.15) is 48.4 Å². The molecule has 2 aromatic carbocycles. The minimum absolute atomic E-state index is 0.163. The summed E-state index contributed by atoms with van der Waals surface area (Å²) in [5.74, 6) is -0.634. The average Bonchev–Trinajstić information content (AvgIpc) is 2.85. The number of hydrogen-bond acceptors (Lipinski definition) is 2. The van der Waals surface area contributed by atoms with Gasteiger partial charge in [-0.1, -0.05) is 25.1 Å². The van der Waals surface area contributed by atoms with Gasteiger partial charge in [0.1, 0.15) is 5.75 Å². The first-order valence-corrected chi connectivity index (χ1v) is 8.55. The highest BCUT2D eigenvalue weighted by Gasteiger charge is 2.21. The van der Waals surface area contributed by atoms with Crippen LogP contribution in [0.3, 0.4) is 0 Å². The molecule has 0 unspecified atom stereocenters. The van der Waals surface area contributed by atoms with Gasteiger partial charge in [0.15, 0.2) is 0 Å². The van der Waals surface area contributed by atoms with Crippen molar-refractivity contribution in [2.45, 2.75) is 40.2 Å². The number of aromatic nitrogens is 1. The Bertz CT molecular complexity index is 967. The Balaban J connectivity index is 2.31. The second-order valence-electron chi connectivity index (χ2n) is 6.66. The fraction of sp³-hybridized carbons (Fsp3) is 0.286. The van der Waals surface area contributed by atoms with Gasteiger partial charge in [-0.15, -0.1) is 0 Å². The molecule has 3 aromatic rings. The van der Waals surface area contributed by atoms with Gasteiger partial charge in [0.2, 0.25) is 0 Å². The summed E-state index contributed by atoms with van der Waals surface area (Å²) in [5, 5.41) is 20.1. The highest BCUT2D eigenvalue weighted by atomic mass is 16.4. The molecule has 0 atom stereocenters. The first-order chi connectivity index (χ1) is 11.8. The topological polar surface area (TPSA) is 62.5 Å². The van der Waals surface area contributed by atoms with Crippen LogP contribution in [0.25, 0.3) is 22.0 Å². The van der Waals surface area contributed by atoms with E-state index in [0.29, 0.717) is 5.56 Å². The average molecular weight is 337 g/mol. The predicted molar refractivity (Wildman–Crippen MR) is 100 cm³/mol. The molecule has 0 aliphatic heterocycles. The minimum Gasteiger partial charge on any atom is -0.508 e. The van der Waals surface area contributed by atoms with E-state index >= 15 is 0 Å². The number of aromatic hydroxyl groups is 1. The van der Waals surface area contributed by atoms with Crippen LogP contribution in [0.15, 0.2) is 36.4 Å². The van der Waals surface area contributed by atoms with E-state index in [4.69, 9.17) is 0 Å². The van der Waals surface area contributed by atoms with Gasteiger partial charge in [0.05, 0.1) is 5.56 Å². The standard InChI is InChI=1S/C21H23NO3/c1-5-14-10-16(23)7-9-17(14)15-6-8-18-19(11-15)22(12(2)3)13(4)20(18)21(24)25/h6-12,23H,5H2,1-4H3,(H,24,25). The van der Waals surface area contributed by atoms with E-state index in [1.54, 1.807) is 12.1 Å². The van der Waals surface area contributed by atoms with E-state index in [2.05, 4.69) is 31.4 Å². The van der Waals surface area contributed by atoms with Gasteiger partial charge in [-0.05, 0) is 62.1 Å². The maximum absolute atomic E-state index is 11.7. The van der Waals surface area contributed by atoms with Crippen LogP contribution in [0.4, 0.5) is 0 Å². The summed E-state index contributed by atoms with van der Waals surface area (Å²) in [7, 11) is 0. The molecule has 25 heavy (non-hydrogen) atoms. The van der Waals surface area contributed by atoms with Crippen molar-refractivity contribution in [3.63, 3.8) is 0 Å². The Hall–Kier alpha value is -2.75. The Morgan fingerprint density at radius 1 is 1.16 bits per heavy atom. The maximum atomic E-state index is 11.7. The quantitative estimate of drug-likeness (QED) is 0.691. The largest absolute Gasteiger partial charge is 0.508 e.